The van der Waals surface area contributed by atoms with Crippen molar-refractivity contribution in [3.05, 3.63) is 24.0 Å². The van der Waals surface area contributed by atoms with Crippen molar-refractivity contribution in [1.29, 1.82) is 0 Å². The number of pyridine rings is 1. The van der Waals surface area contributed by atoms with Crippen LogP contribution in [0.15, 0.2) is 18.5 Å². The van der Waals surface area contributed by atoms with E-state index in [2.05, 4.69) is 10.3 Å². The molecule has 0 amide bonds. The molecule has 0 atom stereocenters. The monoisotopic (exact) mass is 289 g/mol. The Morgan fingerprint density at radius 2 is 2.05 bits per heavy atom. The summed E-state index contributed by atoms with van der Waals surface area (Å²) < 4.78 is 38.1. The first kappa shape index (κ1) is 16.8. The fourth-order valence-electron chi connectivity index (χ4n) is 1.95. The van der Waals surface area contributed by atoms with E-state index in [4.69, 9.17) is 0 Å². The van der Waals surface area contributed by atoms with Crippen LogP contribution in [-0.4, -0.2) is 30.3 Å². The van der Waals surface area contributed by atoms with Crippen molar-refractivity contribution < 1.29 is 13.2 Å². The van der Waals surface area contributed by atoms with Crippen LogP contribution in [0.4, 0.5) is 18.9 Å². The Kier molecular flexibility index (Phi) is 6.26. The molecule has 20 heavy (non-hydrogen) atoms. The zero-order valence-corrected chi connectivity index (χ0v) is 12.2. The molecule has 6 heteroatoms. The molecule has 0 saturated heterocycles. The van der Waals surface area contributed by atoms with Crippen molar-refractivity contribution in [2.45, 2.75) is 46.0 Å². The second kappa shape index (κ2) is 7.47. The average molecular weight is 289 g/mol. The maximum absolute atomic E-state index is 12.7. The molecule has 3 nitrogen and oxygen atoms in total. The number of hydrogen-bond donors (Lipinski definition) is 1. The second-order valence-electron chi connectivity index (χ2n) is 5.08. The van der Waals surface area contributed by atoms with E-state index in [1.165, 1.54) is 11.1 Å². The zero-order valence-electron chi connectivity index (χ0n) is 12.2. The fraction of sp³-hybridized carbons (Fsp3) is 0.643. The lowest BCUT2D eigenvalue weighted by molar-refractivity contribution is -0.119. The Morgan fingerprint density at radius 1 is 1.35 bits per heavy atom. The molecule has 0 aliphatic carbocycles. The average Bonchev–Trinajstić information content (AvgIpc) is 2.34. The van der Waals surface area contributed by atoms with Gasteiger partial charge in [-0.2, -0.15) is 13.2 Å². The first-order valence-electron chi connectivity index (χ1n) is 6.81. The lowest BCUT2D eigenvalue weighted by Gasteiger charge is -2.27. The van der Waals surface area contributed by atoms with E-state index < -0.39 is 12.7 Å². The summed E-state index contributed by atoms with van der Waals surface area (Å²) in [5.41, 5.74) is 1.39. The van der Waals surface area contributed by atoms with Crippen LogP contribution in [-0.2, 0) is 6.54 Å². The number of anilines is 1. The Labute approximate surface area is 118 Å². The minimum atomic E-state index is -4.21. The number of halogens is 3. The van der Waals surface area contributed by atoms with Crippen molar-refractivity contribution >= 4 is 5.69 Å². The van der Waals surface area contributed by atoms with Gasteiger partial charge in [-0.1, -0.05) is 20.8 Å². The van der Waals surface area contributed by atoms with E-state index in [9.17, 15) is 13.2 Å². The number of hydrogen-bond acceptors (Lipinski definition) is 3. The van der Waals surface area contributed by atoms with Gasteiger partial charge in [-0.15, -0.1) is 0 Å². The van der Waals surface area contributed by atoms with E-state index in [1.54, 1.807) is 12.3 Å². The molecule has 1 aromatic heterocycles. The molecule has 1 heterocycles. The summed E-state index contributed by atoms with van der Waals surface area (Å²) in [5, 5.41) is 3.21. The SMILES string of the molecule is CCCN(CC(F)(F)F)c1ccncc1CNC(C)C. The molecule has 0 aliphatic rings. The first-order chi connectivity index (χ1) is 9.33. The third-order valence-electron chi connectivity index (χ3n) is 2.78. The number of nitrogens with zero attached hydrogens (tertiary/aromatic N) is 2. The van der Waals surface area contributed by atoms with E-state index in [0.717, 1.165) is 5.56 Å². The van der Waals surface area contributed by atoms with Crippen molar-refractivity contribution in [3.8, 4) is 0 Å². The van der Waals surface area contributed by atoms with Gasteiger partial charge in [-0.3, -0.25) is 4.98 Å². The van der Waals surface area contributed by atoms with Gasteiger partial charge >= 0.3 is 6.18 Å². The van der Waals surface area contributed by atoms with Crippen LogP contribution in [0.3, 0.4) is 0 Å². The minimum absolute atomic E-state index is 0.269. The molecule has 0 unspecified atom stereocenters. The lowest BCUT2D eigenvalue weighted by atomic mass is 10.2. The smallest absolute Gasteiger partial charge is 0.362 e. The van der Waals surface area contributed by atoms with Crippen LogP contribution in [0.25, 0.3) is 0 Å². The summed E-state index contributed by atoms with van der Waals surface area (Å²) in [7, 11) is 0. The van der Waals surface area contributed by atoms with E-state index >= 15 is 0 Å². The van der Waals surface area contributed by atoms with Crippen molar-refractivity contribution in [2.75, 3.05) is 18.0 Å². The van der Waals surface area contributed by atoms with Gasteiger partial charge in [-0.25, -0.2) is 0 Å². The minimum Gasteiger partial charge on any atom is -0.362 e. The zero-order chi connectivity index (χ0) is 15.2. The highest BCUT2D eigenvalue weighted by molar-refractivity contribution is 5.52. The number of rotatable bonds is 7. The normalized spacial score (nSPS) is 11.9. The van der Waals surface area contributed by atoms with Crippen LogP contribution in [0.5, 0.6) is 0 Å². The van der Waals surface area contributed by atoms with Crippen LogP contribution >= 0.6 is 0 Å². The number of nitrogens with one attached hydrogen (secondary N) is 1. The van der Waals surface area contributed by atoms with Crippen molar-refractivity contribution in [1.82, 2.24) is 10.3 Å². The summed E-state index contributed by atoms with van der Waals surface area (Å²) in [6.07, 6.45) is -0.381. The number of aromatic nitrogens is 1. The Bertz CT molecular complexity index is 405. The summed E-state index contributed by atoms with van der Waals surface area (Å²) >= 11 is 0. The molecule has 0 saturated carbocycles. The van der Waals surface area contributed by atoms with Gasteiger partial charge in [0.15, 0.2) is 0 Å². The Morgan fingerprint density at radius 3 is 2.60 bits per heavy atom. The van der Waals surface area contributed by atoms with E-state index in [1.807, 2.05) is 20.8 Å². The van der Waals surface area contributed by atoms with Crippen LogP contribution < -0.4 is 10.2 Å². The third kappa shape index (κ3) is 5.77. The van der Waals surface area contributed by atoms with Crippen molar-refractivity contribution in [3.63, 3.8) is 0 Å². The fourth-order valence-corrected chi connectivity index (χ4v) is 1.95. The van der Waals surface area contributed by atoms with Crippen LogP contribution in [0.1, 0.15) is 32.8 Å². The highest BCUT2D eigenvalue weighted by Crippen LogP contribution is 2.25. The topological polar surface area (TPSA) is 28.2 Å². The summed E-state index contributed by atoms with van der Waals surface area (Å²) in [5.74, 6) is 0. The van der Waals surface area contributed by atoms with Gasteiger partial charge in [-0.05, 0) is 12.5 Å². The third-order valence-corrected chi connectivity index (χ3v) is 2.78. The lowest BCUT2D eigenvalue weighted by Crippen LogP contribution is -2.36. The second-order valence-corrected chi connectivity index (χ2v) is 5.08. The molecule has 114 valence electrons. The van der Waals surface area contributed by atoms with E-state index in [-0.39, 0.29) is 6.04 Å². The van der Waals surface area contributed by atoms with Gasteiger partial charge < -0.3 is 10.2 Å². The van der Waals surface area contributed by atoms with Gasteiger partial charge in [0.2, 0.25) is 0 Å². The molecule has 0 aliphatic heterocycles. The van der Waals surface area contributed by atoms with Crippen molar-refractivity contribution in [2.24, 2.45) is 0 Å². The first-order valence-corrected chi connectivity index (χ1v) is 6.81. The highest BCUT2D eigenvalue weighted by atomic mass is 19.4. The molecule has 0 fully saturated rings. The maximum atomic E-state index is 12.7. The maximum Gasteiger partial charge on any atom is 0.405 e. The molecule has 0 bridgehead atoms. The highest BCUT2D eigenvalue weighted by Gasteiger charge is 2.31. The molecular weight excluding hydrogens is 267 g/mol. The van der Waals surface area contributed by atoms with Gasteiger partial charge in [0.1, 0.15) is 6.54 Å². The molecule has 1 aromatic rings. The standard InChI is InChI=1S/C14H22F3N3/c1-4-7-20(10-14(15,16)17)13-5-6-18-8-12(13)9-19-11(2)3/h5-6,8,11,19H,4,7,9-10H2,1-3H3. The Balaban J connectivity index is 2.94. The van der Waals surface area contributed by atoms with Gasteiger partial charge in [0.25, 0.3) is 0 Å². The quantitative estimate of drug-likeness (QED) is 0.834. The largest absolute Gasteiger partial charge is 0.405 e. The molecule has 0 radical (unpaired) electrons. The van der Waals surface area contributed by atoms with Gasteiger partial charge in [0.05, 0.1) is 0 Å². The summed E-state index contributed by atoms with van der Waals surface area (Å²) in [6.45, 7) is 5.82. The molecule has 1 N–H and O–H groups in total. The Hall–Kier alpha value is -1.30. The van der Waals surface area contributed by atoms with Crippen LogP contribution in [0, 0.1) is 0 Å². The predicted octanol–water partition coefficient (Wildman–Crippen LogP) is 3.36. The number of alkyl halides is 3. The molecular formula is C14H22F3N3. The molecule has 0 spiro atoms. The molecule has 1 rings (SSSR count). The van der Waals surface area contributed by atoms with Gasteiger partial charge in [0, 0.05) is 42.8 Å². The summed E-state index contributed by atoms with van der Waals surface area (Å²) in [6, 6.07) is 1.92. The van der Waals surface area contributed by atoms with E-state index in [0.29, 0.717) is 25.2 Å². The van der Waals surface area contributed by atoms with Crippen LogP contribution in [0.2, 0.25) is 0 Å². The predicted molar refractivity (Wildman–Crippen MR) is 74.8 cm³/mol. The molecule has 0 aromatic carbocycles. The summed E-state index contributed by atoms with van der Waals surface area (Å²) in [4.78, 5) is 5.39.